The van der Waals surface area contributed by atoms with Gasteiger partial charge in [0.1, 0.15) is 0 Å². The summed E-state index contributed by atoms with van der Waals surface area (Å²) in [7, 11) is 0. The molecule has 0 aliphatic carbocycles. The summed E-state index contributed by atoms with van der Waals surface area (Å²) in [6.07, 6.45) is 3.74. The largest absolute Gasteiger partial charge is 0.347 e. The van der Waals surface area contributed by atoms with Crippen molar-refractivity contribution in [1.82, 2.24) is 10.2 Å². The van der Waals surface area contributed by atoms with Crippen molar-refractivity contribution in [2.24, 2.45) is 5.92 Å². The van der Waals surface area contributed by atoms with E-state index in [9.17, 15) is 9.59 Å². The highest BCUT2D eigenvalue weighted by atomic mass is 16.2. The molecule has 3 aromatic rings. The normalized spacial score (nSPS) is 23.4. The number of carbonyl (C=O) groups excluding carboxylic acids is 2. The van der Waals surface area contributed by atoms with Crippen LogP contribution in [0.5, 0.6) is 0 Å². The third kappa shape index (κ3) is 4.25. The number of amides is 2. The fourth-order valence-corrected chi connectivity index (χ4v) is 6.64. The SMILES string of the molecule is CCN(CC)C(=O)C1CCC[N+](C(=O)c2c3ccccc3cc3ccccc23)(C2CCNCC2)C1. The Morgan fingerprint density at radius 1 is 0.914 bits per heavy atom. The lowest BCUT2D eigenvalue weighted by Crippen LogP contribution is -2.66. The van der Waals surface area contributed by atoms with Gasteiger partial charge in [-0.2, -0.15) is 0 Å². The number of likely N-dealkylation sites (tertiary alicyclic amines) is 1. The molecular formula is C30H38N3O2+. The Bertz CT molecular complexity index is 1170. The maximum Gasteiger partial charge on any atom is 0.347 e. The summed E-state index contributed by atoms with van der Waals surface area (Å²) in [5.41, 5.74) is 0.841. The molecule has 2 atom stereocenters. The maximum atomic E-state index is 15.0. The number of piperidine rings is 2. The van der Waals surface area contributed by atoms with Crippen molar-refractivity contribution >= 4 is 33.4 Å². The van der Waals surface area contributed by atoms with Crippen LogP contribution < -0.4 is 5.32 Å². The molecule has 2 saturated heterocycles. The zero-order valence-electron chi connectivity index (χ0n) is 21.1. The molecule has 3 aromatic carbocycles. The molecule has 0 aromatic heterocycles. The van der Waals surface area contributed by atoms with E-state index < -0.39 is 0 Å². The Hall–Kier alpha value is -2.76. The van der Waals surface area contributed by atoms with E-state index in [0.29, 0.717) is 11.0 Å². The van der Waals surface area contributed by atoms with Gasteiger partial charge in [-0.05, 0) is 54.3 Å². The summed E-state index contributed by atoms with van der Waals surface area (Å²) in [5, 5.41) is 7.74. The summed E-state index contributed by atoms with van der Waals surface area (Å²) in [6.45, 7) is 8.85. The first-order valence-corrected chi connectivity index (χ1v) is 13.4. The molecule has 2 amide bonds. The van der Waals surface area contributed by atoms with Crippen molar-refractivity contribution in [2.45, 2.75) is 45.6 Å². The zero-order chi connectivity index (χ0) is 24.4. The second-order valence-corrected chi connectivity index (χ2v) is 10.3. The van der Waals surface area contributed by atoms with Gasteiger partial charge in [0.05, 0.1) is 30.6 Å². The molecule has 2 unspecified atom stereocenters. The number of benzene rings is 3. The minimum Gasteiger partial charge on any atom is -0.343 e. The predicted octanol–water partition coefficient (Wildman–Crippen LogP) is 4.98. The van der Waals surface area contributed by atoms with Gasteiger partial charge in [0.15, 0.2) is 0 Å². The Labute approximate surface area is 208 Å². The standard InChI is InChI=1S/C30H38N3O2/c1-3-32(4-2)29(34)24-12-9-19-33(21-24,25-15-17-31-18-16-25)30(35)28-26-13-7-5-10-22(26)20-23-11-6-8-14-27(23)28/h5-8,10-11,13-14,20,24-25,31H,3-4,9,12,15-19,21H2,1-2H3/q+1. The molecule has 0 radical (unpaired) electrons. The summed E-state index contributed by atoms with van der Waals surface area (Å²) in [5.74, 6) is 0.340. The van der Waals surface area contributed by atoms with Crippen LogP contribution in [0, 0.1) is 5.92 Å². The van der Waals surface area contributed by atoms with E-state index in [-0.39, 0.29) is 23.8 Å². The number of rotatable bonds is 5. The van der Waals surface area contributed by atoms with Crippen molar-refractivity contribution in [3.8, 4) is 0 Å². The number of hydrogen-bond acceptors (Lipinski definition) is 3. The van der Waals surface area contributed by atoms with Crippen LogP contribution in [0.15, 0.2) is 54.6 Å². The topological polar surface area (TPSA) is 49.4 Å². The number of carbonyl (C=O) groups is 2. The lowest BCUT2D eigenvalue weighted by molar-refractivity contribution is -0.883. The van der Waals surface area contributed by atoms with Crippen LogP contribution >= 0.6 is 0 Å². The summed E-state index contributed by atoms with van der Waals surface area (Å²) in [6, 6.07) is 19.0. The van der Waals surface area contributed by atoms with E-state index in [4.69, 9.17) is 0 Å². The van der Waals surface area contributed by atoms with Crippen molar-refractivity contribution in [2.75, 3.05) is 39.3 Å². The van der Waals surface area contributed by atoms with Crippen LogP contribution in [0.1, 0.15) is 49.9 Å². The first-order valence-electron chi connectivity index (χ1n) is 13.4. The maximum absolute atomic E-state index is 15.0. The number of nitrogens with zero attached hydrogens (tertiary/aromatic N) is 2. The fourth-order valence-electron chi connectivity index (χ4n) is 6.64. The molecule has 35 heavy (non-hydrogen) atoms. The van der Waals surface area contributed by atoms with E-state index in [1.165, 1.54) is 0 Å². The van der Waals surface area contributed by atoms with Gasteiger partial charge in [0.2, 0.25) is 5.91 Å². The third-order valence-corrected chi connectivity index (χ3v) is 8.48. The van der Waals surface area contributed by atoms with E-state index in [2.05, 4.69) is 35.6 Å². The Morgan fingerprint density at radius 2 is 1.51 bits per heavy atom. The highest BCUT2D eigenvalue weighted by molar-refractivity contribution is 6.16. The van der Waals surface area contributed by atoms with Crippen LogP contribution in [0.25, 0.3) is 21.5 Å². The predicted molar refractivity (Wildman–Crippen MR) is 142 cm³/mol. The van der Waals surface area contributed by atoms with Crippen LogP contribution in [0.3, 0.4) is 0 Å². The molecule has 0 spiro atoms. The van der Waals surface area contributed by atoms with Gasteiger partial charge >= 0.3 is 5.91 Å². The second-order valence-electron chi connectivity index (χ2n) is 10.3. The van der Waals surface area contributed by atoms with Gasteiger partial charge in [-0.25, -0.2) is 4.79 Å². The fraction of sp³-hybridized carbons (Fsp3) is 0.467. The van der Waals surface area contributed by atoms with Gasteiger partial charge < -0.3 is 10.2 Å². The average molecular weight is 473 g/mol. The van der Waals surface area contributed by atoms with Crippen molar-refractivity contribution in [1.29, 1.82) is 0 Å². The minimum atomic E-state index is -0.0938. The Balaban J connectivity index is 1.66. The number of fused-ring (bicyclic) bond motifs is 2. The zero-order valence-corrected chi connectivity index (χ0v) is 21.1. The van der Waals surface area contributed by atoms with Crippen molar-refractivity contribution < 1.29 is 14.1 Å². The molecule has 184 valence electrons. The van der Waals surface area contributed by atoms with E-state index in [0.717, 1.165) is 85.5 Å². The van der Waals surface area contributed by atoms with Gasteiger partial charge in [0, 0.05) is 39.0 Å². The smallest absolute Gasteiger partial charge is 0.343 e. The van der Waals surface area contributed by atoms with Gasteiger partial charge in [-0.3, -0.25) is 9.28 Å². The second kappa shape index (κ2) is 10.1. The minimum absolute atomic E-state index is 0.0938. The first kappa shape index (κ1) is 24.0. The molecule has 2 fully saturated rings. The molecule has 0 bridgehead atoms. The van der Waals surface area contributed by atoms with Crippen molar-refractivity contribution in [3.63, 3.8) is 0 Å². The summed E-state index contributed by atoms with van der Waals surface area (Å²) < 4.78 is 0.414. The van der Waals surface area contributed by atoms with E-state index in [1.807, 2.05) is 43.0 Å². The number of hydrogen-bond donors (Lipinski definition) is 1. The van der Waals surface area contributed by atoms with E-state index in [1.54, 1.807) is 0 Å². The first-order chi connectivity index (χ1) is 17.1. The Kier molecular flexibility index (Phi) is 6.90. The highest BCUT2D eigenvalue weighted by Crippen LogP contribution is 2.38. The molecule has 5 nitrogen and oxygen atoms in total. The molecule has 2 aliphatic rings. The number of quaternary nitrogens is 1. The van der Waals surface area contributed by atoms with E-state index >= 15 is 0 Å². The van der Waals surface area contributed by atoms with Gasteiger partial charge in [-0.1, -0.05) is 48.5 Å². The molecule has 1 N–H and O–H groups in total. The average Bonchev–Trinajstić information content (AvgIpc) is 2.92. The lowest BCUT2D eigenvalue weighted by atomic mass is 9.87. The summed E-state index contributed by atoms with van der Waals surface area (Å²) >= 11 is 0. The van der Waals surface area contributed by atoms with Crippen LogP contribution in [0.2, 0.25) is 0 Å². The van der Waals surface area contributed by atoms with Crippen molar-refractivity contribution in [3.05, 3.63) is 60.2 Å². The van der Waals surface area contributed by atoms with Gasteiger partial charge in [0.25, 0.3) is 0 Å². The van der Waals surface area contributed by atoms with Gasteiger partial charge in [-0.15, -0.1) is 0 Å². The molecule has 2 aliphatic heterocycles. The molecule has 2 heterocycles. The number of nitrogens with one attached hydrogen (secondary N) is 1. The van der Waals surface area contributed by atoms with Crippen LogP contribution in [-0.2, 0) is 4.79 Å². The molecule has 0 saturated carbocycles. The molecule has 5 rings (SSSR count). The van der Waals surface area contributed by atoms with Crippen LogP contribution in [-0.4, -0.2) is 66.5 Å². The lowest BCUT2D eigenvalue weighted by Gasteiger charge is -2.48. The monoisotopic (exact) mass is 472 g/mol. The highest BCUT2D eigenvalue weighted by Gasteiger charge is 2.50. The molecule has 5 heteroatoms. The van der Waals surface area contributed by atoms with Crippen LogP contribution in [0.4, 0.5) is 0 Å². The Morgan fingerprint density at radius 3 is 2.11 bits per heavy atom. The third-order valence-electron chi connectivity index (χ3n) is 8.48. The summed E-state index contributed by atoms with van der Waals surface area (Å²) in [4.78, 5) is 30.4. The molecular weight excluding hydrogens is 434 g/mol. The quantitative estimate of drug-likeness (QED) is 0.421.